The van der Waals surface area contributed by atoms with E-state index in [2.05, 4.69) is 27.9 Å². The minimum Gasteiger partial charge on any atom is -0.469 e. The van der Waals surface area contributed by atoms with Crippen LogP contribution in [0.5, 0.6) is 0 Å². The molecule has 0 saturated carbocycles. The molecule has 1 N–H and O–H groups in total. The molecule has 0 bridgehead atoms. The van der Waals surface area contributed by atoms with Crippen LogP contribution >= 0.6 is 22.6 Å². The SMILES string of the molecule is O=C(NCCc1ccco1)c1ccc(I)cc1. The van der Waals surface area contributed by atoms with Gasteiger partial charge in [0.05, 0.1) is 6.26 Å². The summed E-state index contributed by atoms with van der Waals surface area (Å²) in [5.74, 6) is 0.834. The molecule has 0 saturated heterocycles. The van der Waals surface area contributed by atoms with Crippen molar-refractivity contribution >= 4 is 28.5 Å². The maximum atomic E-state index is 11.7. The van der Waals surface area contributed by atoms with Gasteiger partial charge in [-0.15, -0.1) is 0 Å². The minimum atomic E-state index is -0.0482. The van der Waals surface area contributed by atoms with Crippen molar-refractivity contribution in [3.63, 3.8) is 0 Å². The van der Waals surface area contributed by atoms with E-state index in [1.54, 1.807) is 6.26 Å². The second-order valence-corrected chi connectivity index (χ2v) is 4.84. The Morgan fingerprint density at radius 2 is 2.00 bits per heavy atom. The predicted octanol–water partition coefficient (Wildman–Crippen LogP) is 2.86. The van der Waals surface area contributed by atoms with Gasteiger partial charge in [-0.1, -0.05) is 0 Å². The minimum absolute atomic E-state index is 0.0482. The molecule has 2 rings (SSSR count). The van der Waals surface area contributed by atoms with E-state index in [9.17, 15) is 4.79 Å². The normalized spacial score (nSPS) is 10.2. The third-order valence-corrected chi connectivity index (χ3v) is 3.06. The first kappa shape index (κ1) is 12.2. The van der Waals surface area contributed by atoms with Crippen LogP contribution in [-0.4, -0.2) is 12.5 Å². The lowest BCUT2D eigenvalue weighted by atomic mass is 10.2. The van der Waals surface area contributed by atoms with Crippen LogP contribution in [0.3, 0.4) is 0 Å². The van der Waals surface area contributed by atoms with Gasteiger partial charge in [-0.25, -0.2) is 0 Å². The van der Waals surface area contributed by atoms with Gasteiger partial charge in [-0.3, -0.25) is 4.79 Å². The van der Waals surface area contributed by atoms with Crippen LogP contribution in [0.4, 0.5) is 0 Å². The average molecular weight is 341 g/mol. The zero-order valence-electron chi connectivity index (χ0n) is 9.15. The lowest BCUT2D eigenvalue weighted by molar-refractivity contribution is 0.0953. The zero-order valence-corrected chi connectivity index (χ0v) is 11.3. The van der Waals surface area contributed by atoms with Crippen LogP contribution in [0.15, 0.2) is 47.1 Å². The Hall–Kier alpha value is -1.30. The van der Waals surface area contributed by atoms with Crippen molar-refractivity contribution in [1.29, 1.82) is 0 Å². The Morgan fingerprint density at radius 1 is 1.24 bits per heavy atom. The number of furan rings is 1. The van der Waals surface area contributed by atoms with Gasteiger partial charge < -0.3 is 9.73 Å². The van der Waals surface area contributed by atoms with E-state index in [1.807, 2.05) is 36.4 Å². The highest BCUT2D eigenvalue weighted by atomic mass is 127. The zero-order chi connectivity index (χ0) is 12.1. The lowest BCUT2D eigenvalue weighted by Gasteiger charge is -2.04. The molecular formula is C13H12INO2. The summed E-state index contributed by atoms with van der Waals surface area (Å²) in [4.78, 5) is 11.7. The van der Waals surface area contributed by atoms with E-state index in [0.29, 0.717) is 18.5 Å². The third-order valence-electron chi connectivity index (χ3n) is 2.34. The van der Waals surface area contributed by atoms with E-state index in [4.69, 9.17) is 4.42 Å². The molecule has 0 spiro atoms. The summed E-state index contributed by atoms with van der Waals surface area (Å²) in [6.07, 6.45) is 2.35. The first-order valence-corrected chi connectivity index (χ1v) is 6.40. The second-order valence-electron chi connectivity index (χ2n) is 3.59. The number of rotatable bonds is 4. The van der Waals surface area contributed by atoms with Gasteiger partial charge in [0, 0.05) is 22.1 Å². The van der Waals surface area contributed by atoms with E-state index in [-0.39, 0.29) is 5.91 Å². The largest absolute Gasteiger partial charge is 0.469 e. The average Bonchev–Trinajstić information content (AvgIpc) is 2.83. The van der Waals surface area contributed by atoms with Crippen LogP contribution in [0.2, 0.25) is 0 Å². The van der Waals surface area contributed by atoms with Crippen molar-refractivity contribution in [3.8, 4) is 0 Å². The van der Waals surface area contributed by atoms with E-state index >= 15 is 0 Å². The second kappa shape index (κ2) is 5.86. The Balaban J connectivity index is 1.83. The molecule has 0 aliphatic heterocycles. The Labute approximate surface area is 113 Å². The van der Waals surface area contributed by atoms with Crippen molar-refractivity contribution in [3.05, 3.63) is 57.6 Å². The molecule has 0 atom stereocenters. The fraction of sp³-hybridized carbons (Fsp3) is 0.154. The van der Waals surface area contributed by atoms with Gasteiger partial charge in [-0.2, -0.15) is 0 Å². The van der Waals surface area contributed by atoms with Crippen molar-refractivity contribution in [2.75, 3.05) is 6.54 Å². The standard InChI is InChI=1S/C13H12INO2/c14-11-5-3-10(4-6-11)13(16)15-8-7-12-2-1-9-17-12/h1-6,9H,7-8H2,(H,15,16). The maximum Gasteiger partial charge on any atom is 0.251 e. The first-order valence-electron chi connectivity index (χ1n) is 5.32. The Kier molecular flexibility index (Phi) is 4.19. The van der Waals surface area contributed by atoms with Crippen LogP contribution in [0.1, 0.15) is 16.1 Å². The summed E-state index contributed by atoms with van der Waals surface area (Å²) in [6.45, 7) is 0.582. The van der Waals surface area contributed by atoms with Gasteiger partial charge in [0.15, 0.2) is 0 Å². The number of benzene rings is 1. The van der Waals surface area contributed by atoms with Gasteiger partial charge >= 0.3 is 0 Å². The number of hydrogen-bond acceptors (Lipinski definition) is 2. The molecule has 0 fully saturated rings. The van der Waals surface area contributed by atoms with Crippen LogP contribution in [0, 0.1) is 3.57 Å². The fourth-order valence-corrected chi connectivity index (χ4v) is 1.82. The molecule has 0 aliphatic rings. The number of carbonyl (C=O) groups is 1. The fourth-order valence-electron chi connectivity index (χ4n) is 1.46. The summed E-state index contributed by atoms with van der Waals surface area (Å²) in [5.41, 5.74) is 0.685. The van der Waals surface area contributed by atoms with Gasteiger partial charge in [0.25, 0.3) is 5.91 Å². The maximum absolute atomic E-state index is 11.7. The molecule has 4 heteroatoms. The third kappa shape index (κ3) is 3.59. The molecule has 3 nitrogen and oxygen atoms in total. The number of nitrogens with one attached hydrogen (secondary N) is 1. The highest BCUT2D eigenvalue weighted by Crippen LogP contribution is 2.06. The molecule has 1 aromatic heterocycles. The summed E-state index contributed by atoms with van der Waals surface area (Å²) in [5, 5.41) is 2.86. The van der Waals surface area contributed by atoms with Gasteiger partial charge in [0.1, 0.15) is 5.76 Å². The van der Waals surface area contributed by atoms with Crippen molar-refractivity contribution in [2.45, 2.75) is 6.42 Å². The predicted molar refractivity (Wildman–Crippen MR) is 73.9 cm³/mol. The molecule has 0 aliphatic carbocycles. The molecule has 0 radical (unpaired) electrons. The Morgan fingerprint density at radius 3 is 2.65 bits per heavy atom. The molecule has 1 heterocycles. The van der Waals surface area contributed by atoms with Crippen LogP contribution in [-0.2, 0) is 6.42 Å². The molecule has 2 aromatic rings. The molecule has 0 unspecified atom stereocenters. The number of hydrogen-bond donors (Lipinski definition) is 1. The molecule has 88 valence electrons. The van der Waals surface area contributed by atoms with Crippen molar-refractivity contribution in [2.24, 2.45) is 0 Å². The summed E-state index contributed by atoms with van der Waals surface area (Å²) in [6, 6.07) is 11.2. The molecule has 1 amide bonds. The summed E-state index contributed by atoms with van der Waals surface area (Å²) in [7, 11) is 0. The number of amides is 1. The smallest absolute Gasteiger partial charge is 0.251 e. The van der Waals surface area contributed by atoms with Crippen molar-refractivity contribution < 1.29 is 9.21 Å². The lowest BCUT2D eigenvalue weighted by Crippen LogP contribution is -2.25. The van der Waals surface area contributed by atoms with E-state index < -0.39 is 0 Å². The number of halogens is 1. The highest BCUT2D eigenvalue weighted by molar-refractivity contribution is 14.1. The number of carbonyl (C=O) groups excluding carboxylic acids is 1. The molecular weight excluding hydrogens is 329 g/mol. The monoisotopic (exact) mass is 341 g/mol. The summed E-state index contributed by atoms with van der Waals surface area (Å²) >= 11 is 2.21. The molecule has 17 heavy (non-hydrogen) atoms. The van der Waals surface area contributed by atoms with Crippen LogP contribution < -0.4 is 5.32 Å². The quantitative estimate of drug-likeness (QED) is 0.869. The Bertz CT molecular complexity index is 477. The van der Waals surface area contributed by atoms with Gasteiger partial charge in [-0.05, 0) is 59.0 Å². The van der Waals surface area contributed by atoms with Crippen molar-refractivity contribution in [1.82, 2.24) is 5.32 Å². The molecule has 1 aromatic carbocycles. The van der Waals surface area contributed by atoms with E-state index in [1.165, 1.54) is 0 Å². The highest BCUT2D eigenvalue weighted by Gasteiger charge is 2.04. The van der Waals surface area contributed by atoms with E-state index in [0.717, 1.165) is 9.33 Å². The first-order chi connectivity index (χ1) is 8.25. The van der Waals surface area contributed by atoms with Gasteiger partial charge in [0.2, 0.25) is 0 Å². The summed E-state index contributed by atoms with van der Waals surface area (Å²) < 4.78 is 6.30. The topological polar surface area (TPSA) is 42.2 Å². The van der Waals surface area contributed by atoms with Crippen LogP contribution in [0.25, 0.3) is 0 Å².